The number of nitrogens with one attached hydrogen (secondary N) is 1. The van der Waals surface area contributed by atoms with Crippen LogP contribution in [0.2, 0.25) is 0 Å². The molecule has 0 amide bonds. The molecule has 1 aliphatic heterocycles. The first-order chi connectivity index (χ1) is 7.30. The molecular formula is C8H9BrNO5P. The molecule has 0 bridgehead atoms. The molecule has 1 atom stereocenters. The van der Waals surface area contributed by atoms with Crippen LogP contribution in [0.4, 0.5) is 5.69 Å². The van der Waals surface area contributed by atoms with Gasteiger partial charge in [-0.15, -0.1) is 0 Å². The summed E-state index contributed by atoms with van der Waals surface area (Å²) in [5.41, 5.74) is 0.879. The van der Waals surface area contributed by atoms with Crippen molar-refractivity contribution in [3.8, 4) is 0 Å². The van der Waals surface area contributed by atoms with Crippen LogP contribution in [0.1, 0.15) is 5.56 Å². The molecule has 6 nitrogen and oxygen atoms in total. The zero-order valence-corrected chi connectivity index (χ0v) is 10.4. The summed E-state index contributed by atoms with van der Waals surface area (Å²) in [7, 11) is -4.75. The van der Waals surface area contributed by atoms with Crippen LogP contribution in [-0.2, 0) is 14.9 Å². The molecule has 8 heteroatoms. The van der Waals surface area contributed by atoms with Crippen molar-refractivity contribution in [1.29, 1.82) is 0 Å². The van der Waals surface area contributed by atoms with Gasteiger partial charge in [0.15, 0.2) is 0 Å². The molecule has 1 aliphatic rings. The molecular weight excluding hydrogens is 301 g/mol. The summed E-state index contributed by atoms with van der Waals surface area (Å²) in [6, 6.07) is 4.88. The fourth-order valence-corrected chi connectivity index (χ4v) is 2.51. The molecule has 0 radical (unpaired) electrons. The van der Waals surface area contributed by atoms with Crippen LogP contribution in [0.25, 0.3) is 0 Å². The van der Waals surface area contributed by atoms with E-state index in [1.165, 1.54) is 6.07 Å². The van der Waals surface area contributed by atoms with E-state index < -0.39 is 13.6 Å². The summed E-state index contributed by atoms with van der Waals surface area (Å²) < 4.78 is 15.9. The Labute approximate surface area is 99.6 Å². The van der Waals surface area contributed by atoms with Gasteiger partial charge in [-0.2, -0.15) is 0 Å². The van der Waals surface area contributed by atoms with Gasteiger partial charge in [-0.05, 0) is 12.1 Å². The summed E-state index contributed by atoms with van der Waals surface area (Å²) in [6.45, 7) is -0.107. The van der Waals surface area contributed by atoms with E-state index in [2.05, 4.69) is 25.8 Å². The quantitative estimate of drug-likeness (QED) is 0.483. The molecule has 16 heavy (non-hydrogen) atoms. The molecule has 1 aromatic carbocycles. The Morgan fingerprint density at radius 1 is 1.50 bits per heavy atom. The number of phosphoric acid groups is 1. The molecule has 0 aliphatic carbocycles. The molecule has 0 saturated carbocycles. The fraction of sp³-hybridized carbons (Fsp3) is 0.250. The van der Waals surface area contributed by atoms with Crippen LogP contribution in [-0.4, -0.2) is 21.4 Å². The van der Waals surface area contributed by atoms with E-state index in [0.29, 0.717) is 11.3 Å². The number of rotatable bonds is 2. The van der Waals surface area contributed by atoms with Crippen LogP contribution < -0.4 is 5.32 Å². The van der Waals surface area contributed by atoms with Crippen molar-refractivity contribution >= 4 is 29.4 Å². The Hall–Kier alpha value is -0.430. The van der Waals surface area contributed by atoms with E-state index in [-0.39, 0.29) is 6.54 Å². The van der Waals surface area contributed by atoms with Crippen LogP contribution >= 0.6 is 23.8 Å². The number of β-amino-alcohol motifs (C(OH)–C–C–N with tert-alkyl or cyclic N) is 1. The van der Waals surface area contributed by atoms with E-state index in [4.69, 9.17) is 9.79 Å². The summed E-state index contributed by atoms with van der Waals surface area (Å²) in [5, 5.41) is 12.8. The van der Waals surface area contributed by atoms with Crippen LogP contribution in [0, 0.1) is 0 Å². The van der Waals surface area contributed by atoms with Gasteiger partial charge in [0.25, 0.3) is 0 Å². The van der Waals surface area contributed by atoms with Crippen LogP contribution in [0.15, 0.2) is 22.7 Å². The van der Waals surface area contributed by atoms with Crippen molar-refractivity contribution in [1.82, 2.24) is 0 Å². The number of fused-ring (bicyclic) bond motifs is 1. The third-order valence-corrected chi connectivity index (χ3v) is 3.22. The summed E-state index contributed by atoms with van der Waals surface area (Å²) in [4.78, 5) is 17.4. The first kappa shape index (κ1) is 12.0. The van der Waals surface area contributed by atoms with Crippen molar-refractivity contribution in [2.24, 2.45) is 0 Å². The highest BCUT2D eigenvalue weighted by Crippen LogP contribution is 2.48. The minimum absolute atomic E-state index is 0.107. The Kier molecular flexibility index (Phi) is 2.86. The van der Waals surface area contributed by atoms with Crippen molar-refractivity contribution in [2.45, 2.75) is 5.79 Å². The predicted octanol–water partition coefficient (Wildman–Crippen LogP) is 1.13. The van der Waals surface area contributed by atoms with Gasteiger partial charge in [0.2, 0.25) is 5.79 Å². The number of hydrogen-bond acceptors (Lipinski definition) is 4. The van der Waals surface area contributed by atoms with Gasteiger partial charge >= 0.3 is 7.82 Å². The lowest BCUT2D eigenvalue weighted by molar-refractivity contribution is -0.140. The number of hydrogen-bond donors (Lipinski definition) is 4. The van der Waals surface area contributed by atoms with Gasteiger partial charge in [-0.3, -0.25) is 0 Å². The van der Waals surface area contributed by atoms with Crippen molar-refractivity contribution in [3.05, 3.63) is 28.2 Å². The van der Waals surface area contributed by atoms with Gasteiger partial charge in [0.1, 0.15) is 0 Å². The molecule has 1 unspecified atom stereocenters. The van der Waals surface area contributed by atoms with Gasteiger partial charge < -0.3 is 20.2 Å². The van der Waals surface area contributed by atoms with E-state index >= 15 is 0 Å². The monoisotopic (exact) mass is 309 g/mol. The Morgan fingerprint density at radius 3 is 2.81 bits per heavy atom. The van der Waals surface area contributed by atoms with E-state index in [1.54, 1.807) is 12.1 Å². The normalized spacial score (nSPS) is 24.0. The lowest BCUT2D eigenvalue weighted by Gasteiger charge is -2.22. The van der Waals surface area contributed by atoms with Crippen molar-refractivity contribution in [2.75, 3.05) is 11.9 Å². The standard InChI is InChI=1S/C8H9BrNO5P/c9-5-1-2-6-7(3-5)10-4-8(6,11)15-16(12,13)14/h1-3,10-11H,4H2,(H2,12,13,14). The van der Waals surface area contributed by atoms with Gasteiger partial charge in [0.05, 0.1) is 6.54 Å². The molecule has 0 aromatic heterocycles. The second-order valence-corrected chi connectivity index (χ2v) is 5.49. The van der Waals surface area contributed by atoms with E-state index in [1.807, 2.05) is 0 Å². The number of phosphoric ester groups is 1. The largest absolute Gasteiger partial charge is 0.472 e. The van der Waals surface area contributed by atoms with Gasteiger partial charge in [-0.25, -0.2) is 9.09 Å². The molecule has 1 aromatic rings. The minimum Gasteiger partial charge on any atom is -0.379 e. The topological polar surface area (TPSA) is 99.0 Å². The maximum Gasteiger partial charge on any atom is 0.472 e. The maximum absolute atomic E-state index is 10.7. The second kappa shape index (κ2) is 3.80. The number of halogens is 1. The third-order valence-electron chi connectivity index (χ3n) is 2.19. The Bertz CT molecular complexity index is 475. The number of aliphatic hydroxyl groups is 1. The SMILES string of the molecule is O=P(O)(O)OC1(O)CNc2cc(Br)ccc21. The Balaban J connectivity index is 2.39. The smallest absolute Gasteiger partial charge is 0.379 e. The first-order valence-corrected chi connectivity index (χ1v) is 6.65. The van der Waals surface area contributed by atoms with Crippen molar-refractivity contribution < 1.29 is 24.0 Å². The molecule has 0 spiro atoms. The van der Waals surface area contributed by atoms with Crippen LogP contribution in [0.3, 0.4) is 0 Å². The zero-order valence-electron chi connectivity index (χ0n) is 7.92. The average molecular weight is 310 g/mol. The van der Waals surface area contributed by atoms with E-state index in [9.17, 15) is 9.67 Å². The first-order valence-electron chi connectivity index (χ1n) is 4.33. The average Bonchev–Trinajstić information content (AvgIpc) is 2.40. The minimum atomic E-state index is -4.75. The number of anilines is 1. The molecule has 1 heterocycles. The third kappa shape index (κ3) is 2.29. The van der Waals surface area contributed by atoms with E-state index in [0.717, 1.165) is 4.47 Å². The highest BCUT2D eigenvalue weighted by Gasteiger charge is 2.43. The molecule has 0 saturated heterocycles. The van der Waals surface area contributed by atoms with Gasteiger partial charge in [-0.1, -0.05) is 22.0 Å². The predicted molar refractivity (Wildman–Crippen MR) is 59.7 cm³/mol. The fourth-order valence-electron chi connectivity index (χ4n) is 1.59. The maximum atomic E-state index is 10.7. The lowest BCUT2D eigenvalue weighted by Crippen LogP contribution is -2.30. The van der Waals surface area contributed by atoms with Gasteiger partial charge in [0, 0.05) is 15.7 Å². The lowest BCUT2D eigenvalue weighted by atomic mass is 10.1. The van der Waals surface area contributed by atoms with Crippen molar-refractivity contribution in [3.63, 3.8) is 0 Å². The molecule has 0 fully saturated rings. The summed E-state index contributed by atoms with van der Waals surface area (Å²) in [6.07, 6.45) is 0. The molecule has 2 rings (SSSR count). The highest BCUT2D eigenvalue weighted by molar-refractivity contribution is 9.10. The zero-order chi connectivity index (χ0) is 12.0. The molecule has 4 N–H and O–H groups in total. The summed E-state index contributed by atoms with van der Waals surface area (Å²) in [5.74, 6) is -1.99. The highest BCUT2D eigenvalue weighted by atomic mass is 79.9. The van der Waals surface area contributed by atoms with Crippen LogP contribution in [0.5, 0.6) is 0 Å². The second-order valence-electron chi connectivity index (χ2n) is 3.41. The number of benzene rings is 1. The summed E-state index contributed by atoms with van der Waals surface area (Å²) >= 11 is 3.25. The molecule has 88 valence electrons. The Morgan fingerprint density at radius 2 is 2.19 bits per heavy atom.